The number of nitrogens with zero attached hydrogens (tertiary/aromatic N) is 1. The number of aromatic nitrogens is 1. The van der Waals surface area contributed by atoms with E-state index in [1.54, 1.807) is 11.5 Å². The second-order valence-corrected chi connectivity index (χ2v) is 4.78. The van der Waals surface area contributed by atoms with Crippen molar-refractivity contribution in [1.29, 1.82) is 0 Å². The molecule has 3 heteroatoms. The minimum Gasteiger partial charge on any atom is -0.200 e. The van der Waals surface area contributed by atoms with Crippen molar-refractivity contribution in [1.82, 2.24) is 4.37 Å². The Kier molecular flexibility index (Phi) is 3.40. The molecule has 0 fully saturated rings. The van der Waals surface area contributed by atoms with Gasteiger partial charge in [-0.25, -0.2) is 0 Å². The van der Waals surface area contributed by atoms with Gasteiger partial charge in [0.25, 0.3) is 0 Å². The first-order valence-electron chi connectivity index (χ1n) is 3.83. The highest BCUT2D eigenvalue weighted by atomic mass is 32.2. The Morgan fingerprint density at radius 3 is 2.91 bits per heavy atom. The molecule has 0 amide bonds. The molecule has 0 bridgehead atoms. The molecule has 0 aliphatic rings. The molecule has 1 heterocycles. The van der Waals surface area contributed by atoms with Crippen molar-refractivity contribution >= 4 is 23.3 Å². The third-order valence-corrected chi connectivity index (χ3v) is 3.54. The first-order valence-corrected chi connectivity index (χ1v) is 5.59. The fraction of sp³-hybridized carbons (Fsp3) is 0.625. The zero-order valence-corrected chi connectivity index (χ0v) is 8.76. The van der Waals surface area contributed by atoms with Crippen molar-refractivity contribution in [3.05, 3.63) is 11.1 Å². The predicted molar refractivity (Wildman–Crippen MR) is 52.6 cm³/mol. The smallest absolute Gasteiger partial charge is 0.0546 e. The topological polar surface area (TPSA) is 12.9 Å². The lowest BCUT2D eigenvalue weighted by Crippen LogP contribution is -1.83. The van der Waals surface area contributed by atoms with E-state index in [0.29, 0.717) is 5.92 Å². The van der Waals surface area contributed by atoms with Gasteiger partial charge in [-0.1, -0.05) is 20.8 Å². The first kappa shape index (κ1) is 9.07. The molecule has 0 spiro atoms. The van der Waals surface area contributed by atoms with E-state index in [0.717, 1.165) is 5.75 Å². The second kappa shape index (κ2) is 4.12. The summed E-state index contributed by atoms with van der Waals surface area (Å²) in [6, 6.07) is 0. The lowest BCUT2D eigenvalue weighted by atomic mass is 10.2. The zero-order valence-electron chi connectivity index (χ0n) is 7.13. The third kappa shape index (κ3) is 2.20. The predicted octanol–water partition coefficient (Wildman–Crippen LogP) is 3.38. The number of hydrogen-bond donors (Lipinski definition) is 0. The second-order valence-electron chi connectivity index (χ2n) is 2.64. The van der Waals surface area contributed by atoms with Crippen LogP contribution in [-0.2, 0) is 0 Å². The standard InChI is InChI=1S/C8H13NS2/c1-4-10-7-5-9-11-8(7)6(2)3/h5-6H,4H2,1-3H3. The van der Waals surface area contributed by atoms with Crippen LogP contribution in [0, 0.1) is 0 Å². The Morgan fingerprint density at radius 1 is 1.64 bits per heavy atom. The monoisotopic (exact) mass is 187 g/mol. The van der Waals surface area contributed by atoms with Gasteiger partial charge in [0.2, 0.25) is 0 Å². The van der Waals surface area contributed by atoms with E-state index in [9.17, 15) is 0 Å². The molecule has 0 unspecified atom stereocenters. The minimum absolute atomic E-state index is 0.622. The van der Waals surface area contributed by atoms with Gasteiger partial charge in [-0.2, -0.15) is 4.37 Å². The van der Waals surface area contributed by atoms with Gasteiger partial charge in [0, 0.05) is 9.77 Å². The van der Waals surface area contributed by atoms with E-state index in [4.69, 9.17) is 0 Å². The molecule has 0 aromatic carbocycles. The van der Waals surface area contributed by atoms with Crippen molar-refractivity contribution < 1.29 is 0 Å². The molecule has 0 aliphatic carbocycles. The fourth-order valence-corrected chi connectivity index (χ4v) is 2.69. The van der Waals surface area contributed by atoms with Gasteiger partial charge in [0.05, 0.1) is 6.20 Å². The van der Waals surface area contributed by atoms with Crippen LogP contribution in [0.3, 0.4) is 0 Å². The summed E-state index contributed by atoms with van der Waals surface area (Å²) in [5, 5.41) is 0. The summed E-state index contributed by atoms with van der Waals surface area (Å²) in [6.07, 6.45) is 1.98. The van der Waals surface area contributed by atoms with E-state index < -0.39 is 0 Å². The molecule has 11 heavy (non-hydrogen) atoms. The molecular formula is C8H13NS2. The normalized spacial score (nSPS) is 10.9. The maximum atomic E-state index is 4.18. The quantitative estimate of drug-likeness (QED) is 0.673. The van der Waals surface area contributed by atoms with E-state index in [-0.39, 0.29) is 0 Å². The molecule has 0 radical (unpaired) electrons. The summed E-state index contributed by atoms with van der Waals surface area (Å²) >= 11 is 3.51. The van der Waals surface area contributed by atoms with Gasteiger partial charge in [-0.15, -0.1) is 11.8 Å². The van der Waals surface area contributed by atoms with Gasteiger partial charge in [0.15, 0.2) is 0 Å². The van der Waals surface area contributed by atoms with Crippen molar-refractivity contribution in [3.8, 4) is 0 Å². The van der Waals surface area contributed by atoms with Crippen molar-refractivity contribution in [2.75, 3.05) is 5.75 Å². The van der Waals surface area contributed by atoms with Crippen LogP contribution < -0.4 is 0 Å². The molecule has 1 nitrogen and oxygen atoms in total. The van der Waals surface area contributed by atoms with Crippen LogP contribution in [-0.4, -0.2) is 10.1 Å². The van der Waals surface area contributed by atoms with E-state index in [1.807, 2.05) is 18.0 Å². The Labute approximate surface area is 76.4 Å². The van der Waals surface area contributed by atoms with Gasteiger partial charge >= 0.3 is 0 Å². The Morgan fingerprint density at radius 2 is 2.36 bits per heavy atom. The summed E-state index contributed by atoms with van der Waals surface area (Å²) in [7, 11) is 0. The molecular weight excluding hydrogens is 174 g/mol. The Balaban J connectivity index is 2.78. The van der Waals surface area contributed by atoms with Crippen LogP contribution >= 0.6 is 23.3 Å². The van der Waals surface area contributed by atoms with Crippen LogP contribution in [0.4, 0.5) is 0 Å². The molecule has 0 saturated heterocycles. The average molecular weight is 187 g/mol. The van der Waals surface area contributed by atoms with Crippen LogP contribution in [0.2, 0.25) is 0 Å². The molecule has 0 aliphatic heterocycles. The lowest BCUT2D eigenvalue weighted by molar-refractivity contribution is 0.869. The van der Waals surface area contributed by atoms with E-state index in [2.05, 4.69) is 25.1 Å². The largest absolute Gasteiger partial charge is 0.200 e. The summed E-state index contributed by atoms with van der Waals surface area (Å²) in [5.41, 5.74) is 0. The third-order valence-electron chi connectivity index (χ3n) is 1.39. The molecule has 0 saturated carbocycles. The Bertz CT molecular complexity index is 218. The molecule has 1 aromatic rings. The average Bonchev–Trinajstić information content (AvgIpc) is 2.36. The molecule has 62 valence electrons. The number of thioether (sulfide) groups is 1. The van der Waals surface area contributed by atoms with Gasteiger partial charge in [0.1, 0.15) is 0 Å². The fourth-order valence-electron chi connectivity index (χ4n) is 0.893. The maximum absolute atomic E-state index is 4.18. The highest BCUT2D eigenvalue weighted by Gasteiger charge is 2.08. The molecule has 0 N–H and O–H groups in total. The van der Waals surface area contributed by atoms with Crippen LogP contribution in [0.1, 0.15) is 31.6 Å². The van der Waals surface area contributed by atoms with Crippen molar-refractivity contribution in [3.63, 3.8) is 0 Å². The van der Waals surface area contributed by atoms with Crippen LogP contribution in [0.15, 0.2) is 11.1 Å². The zero-order chi connectivity index (χ0) is 8.27. The van der Waals surface area contributed by atoms with Crippen molar-refractivity contribution in [2.24, 2.45) is 0 Å². The van der Waals surface area contributed by atoms with Gasteiger partial charge in [-0.05, 0) is 23.2 Å². The molecule has 1 aromatic heterocycles. The van der Waals surface area contributed by atoms with Crippen LogP contribution in [0.5, 0.6) is 0 Å². The number of hydrogen-bond acceptors (Lipinski definition) is 3. The minimum atomic E-state index is 0.622. The molecule has 1 rings (SSSR count). The van der Waals surface area contributed by atoms with Crippen molar-refractivity contribution in [2.45, 2.75) is 31.6 Å². The summed E-state index contributed by atoms with van der Waals surface area (Å²) in [5.74, 6) is 1.76. The number of rotatable bonds is 3. The lowest BCUT2D eigenvalue weighted by Gasteiger charge is -2.02. The Hall–Kier alpha value is -0.0200. The van der Waals surface area contributed by atoms with E-state index >= 15 is 0 Å². The SMILES string of the molecule is CCSc1cnsc1C(C)C. The van der Waals surface area contributed by atoms with Crippen LogP contribution in [0.25, 0.3) is 0 Å². The summed E-state index contributed by atoms with van der Waals surface area (Å²) in [4.78, 5) is 2.80. The molecule has 0 atom stereocenters. The highest BCUT2D eigenvalue weighted by Crippen LogP contribution is 2.30. The van der Waals surface area contributed by atoms with Gasteiger partial charge < -0.3 is 0 Å². The summed E-state index contributed by atoms with van der Waals surface area (Å²) in [6.45, 7) is 6.60. The summed E-state index contributed by atoms with van der Waals surface area (Å²) < 4.78 is 4.18. The maximum Gasteiger partial charge on any atom is 0.0546 e. The van der Waals surface area contributed by atoms with E-state index in [1.165, 1.54) is 9.77 Å². The highest BCUT2D eigenvalue weighted by molar-refractivity contribution is 7.99. The first-order chi connectivity index (χ1) is 5.25. The van der Waals surface area contributed by atoms with Gasteiger partial charge in [-0.3, -0.25) is 0 Å².